The largest absolute Gasteiger partial charge is 0.255 e. The number of hydrogen-bond donors (Lipinski definition) is 0. The first-order chi connectivity index (χ1) is 5.86. The number of thiophene rings is 1. The van der Waals surface area contributed by atoms with Crippen molar-refractivity contribution < 1.29 is 0 Å². The van der Waals surface area contributed by atoms with E-state index in [1.165, 1.54) is 10.4 Å². The molecule has 0 bridgehead atoms. The molecule has 0 unspecified atom stereocenters. The molecule has 0 aromatic carbocycles. The van der Waals surface area contributed by atoms with E-state index in [0.717, 1.165) is 5.69 Å². The smallest absolute Gasteiger partial charge is 0.0802 e. The Balaban J connectivity index is 2.45. The van der Waals surface area contributed by atoms with Gasteiger partial charge in [-0.25, -0.2) is 0 Å². The van der Waals surface area contributed by atoms with Crippen LogP contribution in [0.15, 0.2) is 29.8 Å². The van der Waals surface area contributed by atoms with Gasteiger partial charge in [-0.15, -0.1) is 11.3 Å². The van der Waals surface area contributed by atoms with E-state index in [1.807, 2.05) is 12.1 Å². The quantitative estimate of drug-likeness (QED) is 0.647. The van der Waals surface area contributed by atoms with Crippen LogP contribution in [-0.2, 0) is 0 Å². The van der Waals surface area contributed by atoms with Crippen LogP contribution in [0.1, 0.15) is 5.56 Å². The van der Waals surface area contributed by atoms with E-state index in [2.05, 4.69) is 29.4 Å². The molecule has 2 rings (SSSR count). The molecular formula is C10H8NS. The summed E-state index contributed by atoms with van der Waals surface area (Å²) in [5, 5.41) is 2.13. The Hall–Kier alpha value is -1.15. The summed E-state index contributed by atoms with van der Waals surface area (Å²) in [6.45, 7) is 2.09. The second-order valence-electron chi connectivity index (χ2n) is 2.63. The second-order valence-corrected chi connectivity index (χ2v) is 3.54. The van der Waals surface area contributed by atoms with E-state index in [0.29, 0.717) is 0 Å². The van der Waals surface area contributed by atoms with Crippen LogP contribution in [-0.4, -0.2) is 4.98 Å². The molecule has 0 aliphatic heterocycles. The highest BCUT2D eigenvalue weighted by Gasteiger charge is 1.99. The predicted molar refractivity (Wildman–Crippen MR) is 51.1 cm³/mol. The summed E-state index contributed by atoms with van der Waals surface area (Å²) in [6.07, 6.45) is 1.70. The Kier molecular flexibility index (Phi) is 1.92. The van der Waals surface area contributed by atoms with Crippen molar-refractivity contribution in [2.45, 2.75) is 6.92 Å². The summed E-state index contributed by atoms with van der Waals surface area (Å²) < 4.78 is 0. The highest BCUT2D eigenvalue weighted by atomic mass is 32.1. The molecule has 0 aliphatic carbocycles. The lowest BCUT2D eigenvalue weighted by Gasteiger charge is -1.92. The minimum Gasteiger partial charge on any atom is -0.255 e. The standard InChI is InChI=1S/C10H8NS/c1-8-6-10(12-7-8)9-4-2-3-5-11-9/h2,4-7H,1H3. The maximum absolute atomic E-state index is 4.22. The molecule has 2 heteroatoms. The molecule has 0 saturated carbocycles. The molecule has 0 N–H and O–H groups in total. The van der Waals surface area contributed by atoms with E-state index in [9.17, 15) is 0 Å². The fourth-order valence-corrected chi connectivity index (χ4v) is 1.91. The predicted octanol–water partition coefficient (Wildman–Crippen LogP) is 2.92. The van der Waals surface area contributed by atoms with Gasteiger partial charge in [-0.2, -0.15) is 0 Å². The summed E-state index contributed by atoms with van der Waals surface area (Å²) in [5.74, 6) is 0. The fourth-order valence-electron chi connectivity index (χ4n) is 1.03. The molecule has 2 aromatic rings. The van der Waals surface area contributed by atoms with E-state index >= 15 is 0 Å². The van der Waals surface area contributed by atoms with Crippen molar-refractivity contribution >= 4 is 11.3 Å². The van der Waals surface area contributed by atoms with Gasteiger partial charge in [0.2, 0.25) is 0 Å². The first-order valence-electron chi connectivity index (χ1n) is 3.74. The minimum absolute atomic E-state index is 1.03. The Bertz CT molecular complexity index is 364. The van der Waals surface area contributed by atoms with Crippen molar-refractivity contribution in [3.05, 3.63) is 41.4 Å². The number of nitrogens with zero attached hydrogens (tertiary/aromatic N) is 1. The molecule has 0 aliphatic rings. The molecular weight excluding hydrogens is 166 g/mol. The van der Waals surface area contributed by atoms with E-state index in [1.54, 1.807) is 17.5 Å². The van der Waals surface area contributed by atoms with E-state index in [-0.39, 0.29) is 0 Å². The van der Waals surface area contributed by atoms with Crippen LogP contribution in [0.25, 0.3) is 10.6 Å². The van der Waals surface area contributed by atoms with Gasteiger partial charge in [-0.1, -0.05) is 6.07 Å². The number of pyridine rings is 1. The van der Waals surface area contributed by atoms with Crippen LogP contribution < -0.4 is 0 Å². The molecule has 59 valence electrons. The Morgan fingerprint density at radius 1 is 1.50 bits per heavy atom. The SMILES string of the molecule is Cc1csc(-c2cc[c]cn2)c1. The second kappa shape index (κ2) is 3.07. The highest BCUT2D eigenvalue weighted by Crippen LogP contribution is 2.24. The molecule has 1 nitrogen and oxygen atoms in total. The van der Waals surface area contributed by atoms with Crippen molar-refractivity contribution in [3.63, 3.8) is 0 Å². The minimum atomic E-state index is 1.03. The van der Waals surface area contributed by atoms with Crippen molar-refractivity contribution in [3.8, 4) is 10.6 Å². The molecule has 1 radical (unpaired) electrons. The third-order valence-electron chi connectivity index (χ3n) is 1.60. The van der Waals surface area contributed by atoms with Crippen LogP contribution in [0.5, 0.6) is 0 Å². The third kappa shape index (κ3) is 1.38. The average molecular weight is 174 g/mol. The lowest BCUT2D eigenvalue weighted by atomic mass is 10.3. The van der Waals surface area contributed by atoms with Crippen LogP contribution in [0, 0.1) is 13.0 Å². The maximum Gasteiger partial charge on any atom is 0.0802 e. The topological polar surface area (TPSA) is 12.9 Å². The van der Waals surface area contributed by atoms with Crippen LogP contribution in [0.2, 0.25) is 0 Å². The van der Waals surface area contributed by atoms with Gasteiger partial charge < -0.3 is 0 Å². The molecule has 0 atom stereocenters. The molecule has 0 amide bonds. The Morgan fingerprint density at radius 3 is 3.00 bits per heavy atom. The zero-order chi connectivity index (χ0) is 8.39. The first kappa shape index (κ1) is 7.50. The molecule has 2 heterocycles. The van der Waals surface area contributed by atoms with Gasteiger partial charge in [0.1, 0.15) is 0 Å². The van der Waals surface area contributed by atoms with Crippen molar-refractivity contribution in [1.29, 1.82) is 0 Å². The normalized spacial score (nSPS) is 10.1. The fraction of sp³-hybridized carbons (Fsp3) is 0.100. The molecule has 0 fully saturated rings. The van der Waals surface area contributed by atoms with Crippen molar-refractivity contribution in [2.75, 3.05) is 0 Å². The lowest BCUT2D eigenvalue weighted by Crippen LogP contribution is -1.76. The van der Waals surface area contributed by atoms with Gasteiger partial charge in [0.05, 0.1) is 10.6 Å². The summed E-state index contributed by atoms with van der Waals surface area (Å²) >= 11 is 1.73. The monoisotopic (exact) mass is 174 g/mol. The van der Waals surface area contributed by atoms with Gasteiger partial charge >= 0.3 is 0 Å². The van der Waals surface area contributed by atoms with E-state index in [4.69, 9.17) is 0 Å². The van der Waals surface area contributed by atoms with Crippen LogP contribution in [0.3, 0.4) is 0 Å². The molecule has 2 aromatic heterocycles. The highest BCUT2D eigenvalue weighted by molar-refractivity contribution is 7.13. The van der Waals surface area contributed by atoms with Gasteiger partial charge in [0.25, 0.3) is 0 Å². The number of aromatic nitrogens is 1. The lowest BCUT2D eigenvalue weighted by molar-refractivity contribution is 1.33. The summed E-state index contributed by atoms with van der Waals surface area (Å²) in [4.78, 5) is 5.44. The van der Waals surface area contributed by atoms with Gasteiger partial charge in [-0.3, -0.25) is 4.98 Å². The molecule has 12 heavy (non-hydrogen) atoms. The Morgan fingerprint density at radius 2 is 2.42 bits per heavy atom. The van der Waals surface area contributed by atoms with Crippen LogP contribution in [0.4, 0.5) is 0 Å². The van der Waals surface area contributed by atoms with Crippen LogP contribution >= 0.6 is 11.3 Å². The molecule has 0 spiro atoms. The van der Waals surface area contributed by atoms with Crippen molar-refractivity contribution in [2.24, 2.45) is 0 Å². The number of aryl methyl sites for hydroxylation is 1. The first-order valence-corrected chi connectivity index (χ1v) is 4.62. The zero-order valence-electron chi connectivity index (χ0n) is 6.74. The summed E-state index contributed by atoms with van der Waals surface area (Å²) in [6, 6.07) is 8.91. The third-order valence-corrected chi connectivity index (χ3v) is 2.67. The average Bonchev–Trinajstić information content (AvgIpc) is 2.54. The van der Waals surface area contributed by atoms with Gasteiger partial charge in [-0.05, 0) is 30.0 Å². The van der Waals surface area contributed by atoms with Crippen molar-refractivity contribution in [1.82, 2.24) is 4.98 Å². The number of rotatable bonds is 1. The summed E-state index contributed by atoms with van der Waals surface area (Å²) in [5.41, 5.74) is 2.33. The molecule has 0 saturated heterocycles. The Labute approximate surface area is 75.7 Å². The number of hydrogen-bond acceptors (Lipinski definition) is 2. The van der Waals surface area contributed by atoms with Gasteiger partial charge in [0, 0.05) is 12.3 Å². The summed E-state index contributed by atoms with van der Waals surface area (Å²) in [7, 11) is 0. The maximum atomic E-state index is 4.22. The van der Waals surface area contributed by atoms with E-state index < -0.39 is 0 Å². The van der Waals surface area contributed by atoms with Gasteiger partial charge in [0.15, 0.2) is 0 Å². The zero-order valence-corrected chi connectivity index (χ0v) is 7.56.